The zero-order valence-corrected chi connectivity index (χ0v) is 19.8. The molecule has 2 amide bonds. The number of carbonyl (C=O) groups is 3. The molecule has 0 radical (unpaired) electrons. The number of hydrogen-bond donors (Lipinski definition) is 1. The second-order valence-electron chi connectivity index (χ2n) is 8.18. The molecule has 2 heterocycles. The molecule has 3 aromatic carbocycles. The van der Waals surface area contributed by atoms with Gasteiger partial charge in [-0.25, -0.2) is 4.90 Å². The van der Waals surface area contributed by atoms with Crippen LogP contribution in [0.2, 0.25) is 5.02 Å². The smallest absolute Gasteiger partial charge is 0.323 e. The summed E-state index contributed by atoms with van der Waals surface area (Å²) in [7, 11) is 1.32. The summed E-state index contributed by atoms with van der Waals surface area (Å²) < 4.78 is 3.81. The maximum absolute atomic E-state index is 14.3. The molecule has 8 heteroatoms. The lowest BCUT2D eigenvalue weighted by Crippen LogP contribution is -2.46. The van der Waals surface area contributed by atoms with E-state index in [1.807, 2.05) is 48.5 Å². The third kappa shape index (κ3) is 3.52. The minimum Gasteiger partial charge on any atom is -0.468 e. The van der Waals surface area contributed by atoms with Crippen molar-refractivity contribution < 1.29 is 19.1 Å². The SMILES string of the molecule is COC(=O)[C@@H]1N[C@H](c2ccc(Cl)cc2)[C@@]2(SC(=O)N(c3ccccc3)C2=O)[C@H]1c1ccccc1. The molecule has 2 saturated heterocycles. The number of rotatable bonds is 4. The molecule has 1 N–H and O–H groups in total. The third-order valence-corrected chi connectivity index (χ3v) is 7.99. The van der Waals surface area contributed by atoms with Gasteiger partial charge in [-0.1, -0.05) is 72.3 Å². The summed E-state index contributed by atoms with van der Waals surface area (Å²) in [5, 5.41) is 3.51. The van der Waals surface area contributed by atoms with E-state index in [1.165, 1.54) is 12.0 Å². The van der Waals surface area contributed by atoms with Crippen molar-refractivity contribution in [3.8, 4) is 0 Å². The standard InChI is InChI=1S/C26H21ClN2O4S/c1-33-23(30)21-20(16-8-4-2-5-9-16)26(22(28-21)17-12-14-18(27)15-13-17)24(31)29(25(32)34-26)19-10-6-3-7-11-19/h2-15,20-22,28H,1H3/t20-,21+,22+,26-/m0/s1. The normalized spacial score (nSPS) is 26.3. The van der Waals surface area contributed by atoms with Crippen LogP contribution in [0.4, 0.5) is 10.5 Å². The van der Waals surface area contributed by atoms with Crippen molar-refractivity contribution in [3.05, 3.63) is 101 Å². The Morgan fingerprint density at radius 3 is 2.18 bits per heavy atom. The van der Waals surface area contributed by atoms with E-state index in [2.05, 4.69) is 5.32 Å². The molecule has 3 aromatic rings. The first kappa shape index (κ1) is 22.7. The first-order valence-electron chi connectivity index (χ1n) is 10.7. The van der Waals surface area contributed by atoms with Gasteiger partial charge in [-0.05, 0) is 47.2 Å². The Morgan fingerprint density at radius 1 is 0.941 bits per heavy atom. The summed E-state index contributed by atoms with van der Waals surface area (Å²) in [6.45, 7) is 0. The van der Waals surface area contributed by atoms with Gasteiger partial charge in [0.2, 0.25) is 0 Å². The Kier molecular flexibility index (Phi) is 5.93. The van der Waals surface area contributed by atoms with Crippen LogP contribution in [0.15, 0.2) is 84.9 Å². The number of halogens is 1. The number of nitrogens with zero attached hydrogens (tertiary/aromatic N) is 1. The largest absolute Gasteiger partial charge is 0.468 e. The van der Waals surface area contributed by atoms with Gasteiger partial charge < -0.3 is 4.74 Å². The van der Waals surface area contributed by atoms with Crippen LogP contribution >= 0.6 is 23.4 Å². The number of ether oxygens (including phenoxy) is 1. The molecule has 2 aliphatic heterocycles. The van der Waals surface area contributed by atoms with E-state index in [9.17, 15) is 14.4 Å². The predicted octanol–water partition coefficient (Wildman–Crippen LogP) is 4.95. The number of methoxy groups -OCH3 is 1. The fraction of sp³-hybridized carbons (Fsp3) is 0.192. The van der Waals surface area contributed by atoms with E-state index in [0.29, 0.717) is 10.7 Å². The van der Waals surface area contributed by atoms with E-state index < -0.39 is 28.7 Å². The zero-order chi connectivity index (χ0) is 23.9. The fourth-order valence-corrected chi connectivity index (χ4v) is 6.52. The highest BCUT2D eigenvalue weighted by atomic mass is 35.5. The van der Waals surface area contributed by atoms with Crippen LogP contribution in [0, 0.1) is 0 Å². The second kappa shape index (κ2) is 8.91. The topological polar surface area (TPSA) is 75.7 Å². The molecule has 2 fully saturated rings. The molecule has 0 bridgehead atoms. The summed E-state index contributed by atoms with van der Waals surface area (Å²) in [5.41, 5.74) is 2.01. The number of amides is 2. The third-order valence-electron chi connectivity index (χ3n) is 6.38. The molecule has 1 spiro atoms. The van der Waals surface area contributed by atoms with Crippen LogP contribution in [0.5, 0.6) is 0 Å². The molecule has 0 aliphatic carbocycles. The fourth-order valence-electron chi connectivity index (χ4n) is 4.93. The van der Waals surface area contributed by atoms with E-state index in [4.69, 9.17) is 16.3 Å². The zero-order valence-electron chi connectivity index (χ0n) is 18.2. The number of carbonyl (C=O) groups excluding carboxylic acids is 3. The lowest BCUT2D eigenvalue weighted by atomic mass is 9.78. The molecular formula is C26H21ClN2O4S. The highest BCUT2D eigenvalue weighted by Crippen LogP contribution is 2.59. The summed E-state index contributed by atoms with van der Waals surface area (Å²) in [5.74, 6) is -1.53. The Labute approximate surface area is 206 Å². The van der Waals surface area contributed by atoms with Crippen LogP contribution in [0.3, 0.4) is 0 Å². The number of nitrogens with one attached hydrogen (secondary N) is 1. The Bertz CT molecular complexity index is 1240. The Balaban J connectivity index is 1.73. The van der Waals surface area contributed by atoms with E-state index >= 15 is 0 Å². The van der Waals surface area contributed by atoms with Gasteiger partial charge in [0.05, 0.1) is 18.8 Å². The van der Waals surface area contributed by atoms with Gasteiger partial charge in [0.25, 0.3) is 11.1 Å². The molecule has 0 aromatic heterocycles. The number of imide groups is 1. The number of para-hydroxylation sites is 1. The molecule has 5 rings (SSSR count). The van der Waals surface area contributed by atoms with Gasteiger partial charge in [-0.3, -0.25) is 19.7 Å². The van der Waals surface area contributed by atoms with Crippen molar-refractivity contribution in [1.82, 2.24) is 5.32 Å². The van der Waals surface area contributed by atoms with Crippen molar-refractivity contribution in [2.75, 3.05) is 12.0 Å². The van der Waals surface area contributed by atoms with Gasteiger partial charge in [-0.2, -0.15) is 0 Å². The number of benzene rings is 3. The molecule has 34 heavy (non-hydrogen) atoms. The van der Waals surface area contributed by atoms with Crippen LogP contribution in [0.1, 0.15) is 23.1 Å². The Morgan fingerprint density at radius 2 is 1.56 bits per heavy atom. The van der Waals surface area contributed by atoms with Crippen LogP contribution in [-0.2, 0) is 14.3 Å². The minimum atomic E-state index is -1.32. The lowest BCUT2D eigenvalue weighted by molar-refractivity contribution is -0.143. The summed E-state index contributed by atoms with van der Waals surface area (Å²) in [4.78, 5) is 41.9. The first-order valence-corrected chi connectivity index (χ1v) is 11.9. The van der Waals surface area contributed by atoms with Crippen LogP contribution < -0.4 is 10.2 Å². The quantitative estimate of drug-likeness (QED) is 0.519. The monoisotopic (exact) mass is 492 g/mol. The van der Waals surface area contributed by atoms with Gasteiger partial charge in [0.1, 0.15) is 10.8 Å². The van der Waals surface area contributed by atoms with Crippen molar-refractivity contribution in [1.29, 1.82) is 0 Å². The molecule has 4 atom stereocenters. The average Bonchev–Trinajstić information content (AvgIpc) is 3.34. The number of thioether (sulfide) groups is 1. The maximum atomic E-state index is 14.3. The summed E-state index contributed by atoms with van der Waals surface area (Å²) in [6, 6.07) is 23.8. The summed E-state index contributed by atoms with van der Waals surface area (Å²) >= 11 is 7.08. The van der Waals surface area contributed by atoms with Gasteiger partial charge in [0.15, 0.2) is 0 Å². The highest BCUT2D eigenvalue weighted by molar-refractivity contribution is 8.16. The molecule has 172 valence electrons. The van der Waals surface area contributed by atoms with E-state index in [-0.39, 0.29) is 11.1 Å². The molecule has 2 aliphatic rings. The molecule has 6 nitrogen and oxygen atoms in total. The van der Waals surface area contributed by atoms with Crippen LogP contribution in [-0.4, -0.2) is 35.0 Å². The van der Waals surface area contributed by atoms with Crippen molar-refractivity contribution >= 4 is 46.2 Å². The van der Waals surface area contributed by atoms with Gasteiger partial charge >= 0.3 is 5.97 Å². The molecular weight excluding hydrogens is 472 g/mol. The first-order chi connectivity index (χ1) is 16.5. The predicted molar refractivity (Wildman–Crippen MR) is 132 cm³/mol. The average molecular weight is 493 g/mol. The highest BCUT2D eigenvalue weighted by Gasteiger charge is 2.69. The maximum Gasteiger partial charge on any atom is 0.323 e. The summed E-state index contributed by atoms with van der Waals surface area (Å²) in [6.07, 6.45) is 0. The van der Waals surface area contributed by atoms with Crippen molar-refractivity contribution in [2.24, 2.45) is 0 Å². The van der Waals surface area contributed by atoms with Gasteiger partial charge in [-0.15, -0.1) is 0 Å². The number of hydrogen-bond acceptors (Lipinski definition) is 6. The lowest BCUT2D eigenvalue weighted by Gasteiger charge is -2.33. The van der Waals surface area contributed by atoms with Crippen molar-refractivity contribution in [3.63, 3.8) is 0 Å². The second-order valence-corrected chi connectivity index (χ2v) is 9.84. The molecule has 0 unspecified atom stereocenters. The Hall–Kier alpha value is -3.13. The number of esters is 1. The van der Waals surface area contributed by atoms with Crippen molar-refractivity contribution in [2.45, 2.75) is 22.7 Å². The minimum absolute atomic E-state index is 0.374. The van der Waals surface area contributed by atoms with E-state index in [1.54, 1.807) is 36.4 Å². The van der Waals surface area contributed by atoms with E-state index in [0.717, 1.165) is 22.9 Å². The van der Waals surface area contributed by atoms with Crippen LogP contribution in [0.25, 0.3) is 0 Å². The molecule has 0 saturated carbocycles. The van der Waals surface area contributed by atoms with Gasteiger partial charge in [0, 0.05) is 10.9 Å². The number of anilines is 1.